The molecule has 0 heterocycles. The summed E-state index contributed by atoms with van der Waals surface area (Å²) in [6, 6.07) is 15.3. The third-order valence-corrected chi connectivity index (χ3v) is 5.02. The van der Waals surface area contributed by atoms with Gasteiger partial charge < -0.3 is 0 Å². The van der Waals surface area contributed by atoms with E-state index in [1.54, 1.807) is 6.07 Å². The molecule has 0 amide bonds. The molecule has 0 aromatic heterocycles. The number of nitrogens with one attached hydrogen (secondary N) is 1. The van der Waals surface area contributed by atoms with Crippen LogP contribution in [0.4, 0.5) is 5.69 Å². The Morgan fingerprint density at radius 3 is 2.36 bits per heavy atom. The van der Waals surface area contributed by atoms with Gasteiger partial charge in [-0.15, -0.1) is 0 Å². The van der Waals surface area contributed by atoms with E-state index in [0.29, 0.717) is 11.3 Å². The van der Waals surface area contributed by atoms with Crippen molar-refractivity contribution >= 4 is 15.7 Å². The first-order valence-electron chi connectivity index (χ1n) is 7.10. The fourth-order valence-corrected chi connectivity index (χ4v) is 3.24. The second-order valence-electron chi connectivity index (χ2n) is 5.14. The van der Waals surface area contributed by atoms with Crippen LogP contribution < -0.4 is 4.72 Å². The summed E-state index contributed by atoms with van der Waals surface area (Å²) in [7, 11) is -3.66. The Morgan fingerprint density at radius 1 is 1.14 bits per heavy atom. The third kappa shape index (κ3) is 3.46. The lowest BCUT2D eigenvalue weighted by Crippen LogP contribution is -2.14. The van der Waals surface area contributed by atoms with E-state index in [2.05, 4.69) is 18.6 Å². The molecular formula is C17H18N2O2S. The molecule has 0 aliphatic heterocycles. The lowest BCUT2D eigenvalue weighted by molar-refractivity contribution is 0.601. The zero-order valence-electron chi connectivity index (χ0n) is 12.6. The normalized spacial score (nSPS) is 12.4. The minimum absolute atomic E-state index is 0.144. The van der Waals surface area contributed by atoms with E-state index in [0.717, 1.165) is 12.0 Å². The molecule has 4 nitrogen and oxygen atoms in total. The molecule has 2 rings (SSSR count). The van der Waals surface area contributed by atoms with Crippen molar-refractivity contribution in [3.05, 3.63) is 59.7 Å². The van der Waals surface area contributed by atoms with Crippen molar-refractivity contribution in [2.45, 2.75) is 31.1 Å². The van der Waals surface area contributed by atoms with Crippen LogP contribution in [0.2, 0.25) is 0 Å². The zero-order valence-corrected chi connectivity index (χ0v) is 13.4. The molecule has 0 aliphatic rings. The summed E-state index contributed by atoms with van der Waals surface area (Å²) < 4.78 is 27.6. The van der Waals surface area contributed by atoms with Crippen LogP contribution in [-0.4, -0.2) is 8.42 Å². The molecule has 0 saturated heterocycles. The summed E-state index contributed by atoms with van der Waals surface area (Å²) in [5.74, 6) is 0.264. The summed E-state index contributed by atoms with van der Waals surface area (Å²) in [4.78, 5) is 0.144. The fraction of sp³-hybridized carbons (Fsp3) is 0.235. The highest BCUT2D eigenvalue weighted by Crippen LogP contribution is 2.28. The average molecular weight is 314 g/mol. The molecule has 5 heteroatoms. The van der Waals surface area contributed by atoms with Crippen molar-refractivity contribution in [1.29, 1.82) is 5.26 Å². The Kier molecular flexibility index (Phi) is 4.84. The smallest absolute Gasteiger partial charge is 0.261 e. The maximum absolute atomic E-state index is 12.5. The molecule has 0 spiro atoms. The summed E-state index contributed by atoms with van der Waals surface area (Å²) in [6.07, 6.45) is 0.926. The van der Waals surface area contributed by atoms with Crippen LogP contribution >= 0.6 is 0 Å². The van der Waals surface area contributed by atoms with Crippen molar-refractivity contribution in [3.8, 4) is 6.07 Å². The number of hydrogen-bond acceptors (Lipinski definition) is 3. The van der Waals surface area contributed by atoms with E-state index in [-0.39, 0.29) is 10.8 Å². The van der Waals surface area contributed by atoms with Crippen LogP contribution in [0.25, 0.3) is 0 Å². The first kappa shape index (κ1) is 16.1. The van der Waals surface area contributed by atoms with Crippen molar-refractivity contribution in [3.63, 3.8) is 0 Å². The Morgan fingerprint density at radius 2 is 1.77 bits per heavy atom. The summed E-state index contributed by atoms with van der Waals surface area (Å²) >= 11 is 0. The first-order valence-corrected chi connectivity index (χ1v) is 8.58. The topological polar surface area (TPSA) is 70.0 Å². The summed E-state index contributed by atoms with van der Waals surface area (Å²) in [5, 5.41) is 8.78. The number of sulfonamides is 1. The van der Waals surface area contributed by atoms with Gasteiger partial charge in [-0.1, -0.05) is 32.0 Å². The number of rotatable bonds is 5. The van der Waals surface area contributed by atoms with Gasteiger partial charge in [0.1, 0.15) is 0 Å². The van der Waals surface area contributed by atoms with Gasteiger partial charge in [-0.2, -0.15) is 5.26 Å². The number of para-hydroxylation sites is 1. The summed E-state index contributed by atoms with van der Waals surface area (Å²) in [5.41, 5.74) is 2.00. The Hall–Kier alpha value is -2.32. The van der Waals surface area contributed by atoms with Crippen molar-refractivity contribution in [2.75, 3.05) is 4.72 Å². The summed E-state index contributed by atoms with van der Waals surface area (Å²) in [6.45, 7) is 4.13. The van der Waals surface area contributed by atoms with Crippen LogP contribution in [0.3, 0.4) is 0 Å². The molecule has 114 valence electrons. The second kappa shape index (κ2) is 6.63. The standard InChI is InChI=1S/C17H18N2O2S/c1-3-13(2)16-6-4-5-7-17(16)19-22(20,21)15-10-8-14(12-18)9-11-15/h4-11,13,19H,3H2,1-2H3. The molecule has 0 aliphatic carbocycles. The van der Waals surface area contributed by atoms with Crippen molar-refractivity contribution in [1.82, 2.24) is 0 Å². The van der Waals surface area contributed by atoms with E-state index < -0.39 is 10.0 Å². The number of nitrogens with zero attached hydrogens (tertiary/aromatic N) is 1. The highest BCUT2D eigenvalue weighted by atomic mass is 32.2. The van der Waals surface area contributed by atoms with E-state index in [1.165, 1.54) is 24.3 Å². The van der Waals surface area contributed by atoms with Crippen molar-refractivity contribution < 1.29 is 8.42 Å². The number of nitriles is 1. The van der Waals surface area contributed by atoms with Gasteiger partial charge in [-0.3, -0.25) is 4.72 Å². The van der Waals surface area contributed by atoms with E-state index in [1.807, 2.05) is 24.3 Å². The SMILES string of the molecule is CCC(C)c1ccccc1NS(=O)(=O)c1ccc(C#N)cc1. The van der Waals surface area contributed by atoms with E-state index in [4.69, 9.17) is 5.26 Å². The Bertz CT molecular complexity index is 790. The fourth-order valence-electron chi connectivity index (χ4n) is 2.15. The lowest BCUT2D eigenvalue weighted by atomic mass is 9.97. The molecule has 0 radical (unpaired) electrons. The monoisotopic (exact) mass is 314 g/mol. The van der Waals surface area contributed by atoms with Gasteiger partial charge in [-0.25, -0.2) is 8.42 Å². The molecule has 1 atom stereocenters. The molecule has 0 bridgehead atoms. The molecule has 2 aromatic carbocycles. The van der Waals surface area contributed by atoms with Gasteiger partial charge in [-0.05, 0) is 48.2 Å². The van der Waals surface area contributed by atoms with Gasteiger partial charge in [0.25, 0.3) is 10.0 Å². The first-order chi connectivity index (χ1) is 10.5. The molecule has 22 heavy (non-hydrogen) atoms. The quantitative estimate of drug-likeness (QED) is 0.910. The molecule has 2 aromatic rings. The Balaban J connectivity index is 2.35. The zero-order chi connectivity index (χ0) is 16.2. The van der Waals surface area contributed by atoms with Crippen LogP contribution in [-0.2, 0) is 10.0 Å². The highest BCUT2D eigenvalue weighted by Gasteiger charge is 2.17. The van der Waals surface area contributed by atoms with Gasteiger partial charge >= 0.3 is 0 Å². The largest absolute Gasteiger partial charge is 0.279 e. The molecule has 1 N–H and O–H groups in total. The highest BCUT2D eigenvalue weighted by molar-refractivity contribution is 7.92. The number of benzene rings is 2. The van der Waals surface area contributed by atoms with Gasteiger partial charge in [0.2, 0.25) is 0 Å². The lowest BCUT2D eigenvalue weighted by Gasteiger charge is -2.16. The number of hydrogen-bond donors (Lipinski definition) is 1. The van der Waals surface area contributed by atoms with Crippen molar-refractivity contribution in [2.24, 2.45) is 0 Å². The van der Waals surface area contributed by atoms with Crippen LogP contribution in [0.15, 0.2) is 53.4 Å². The predicted molar refractivity (Wildman–Crippen MR) is 87.1 cm³/mol. The predicted octanol–water partition coefficient (Wildman–Crippen LogP) is 3.87. The maximum atomic E-state index is 12.5. The van der Waals surface area contributed by atoms with Crippen LogP contribution in [0.1, 0.15) is 37.3 Å². The molecule has 0 saturated carbocycles. The van der Waals surface area contributed by atoms with Gasteiger partial charge in [0.15, 0.2) is 0 Å². The van der Waals surface area contributed by atoms with Crippen LogP contribution in [0.5, 0.6) is 0 Å². The van der Waals surface area contributed by atoms with Gasteiger partial charge in [0.05, 0.1) is 22.2 Å². The molecule has 1 unspecified atom stereocenters. The molecule has 0 fully saturated rings. The van der Waals surface area contributed by atoms with Crippen LogP contribution in [0, 0.1) is 11.3 Å². The van der Waals surface area contributed by atoms with Gasteiger partial charge in [0, 0.05) is 0 Å². The minimum atomic E-state index is -3.66. The second-order valence-corrected chi connectivity index (χ2v) is 6.82. The maximum Gasteiger partial charge on any atom is 0.261 e. The average Bonchev–Trinajstić information content (AvgIpc) is 2.54. The van der Waals surface area contributed by atoms with E-state index in [9.17, 15) is 8.42 Å². The Labute approximate surface area is 131 Å². The molecular weight excluding hydrogens is 296 g/mol. The minimum Gasteiger partial charge on any atom is -0.279 e. The number of anilines is 1. The third-order valence-electron chi connectivity index (χ3n) is 3.64. The van der Waals surface area contributed by atoms with E-state index >= 15 is 0 Å².